The van der Waals surface area contributed by atoms with Crippen LogP contribution in [0.25, 0.3) is 0 Å². The topological polar surface area (TPSA) is 61.4 Å². The number of amides is 3. The van der Waals surface area contributed by atoms with Gasteiger partial charge in [0.05, 0.1) is 10.0 Å². The van der Waals surface area contributed by atoms with E-state index >= 15 is 0 Å². The van der Waals surface area contributed by atoms with Gasteiger partial charge >= 0.3 is 6.03 Å². The van der Waals surface area contributed by atoms with E-state index in [-0.39, 0.29) is 11.9 Å². The molecule has 1 aliphatic rings. The Balaban J connectivity index is 1.71. The Kier molecular flexibility index (Phi) is 5.69. The average molecular weight is 392 g/mol. The minimum atomic E-state index is -0.374. The van der Waals surface area contributed by atoms with Gasteiger partial charge in [-0.3, -0.25) is 4.79 Å². The molecule has 2 aromatic rings. The molecule has 136 valence electrons. The quantitative estimate of drug-likeness (QED) is 0.739. The summed E-state index contributed by atoms with van der Waals surface area (Å²) < 4.78 is 0. The third-order valence-electron chi connectivity index (χ3n) is 4.16. The first-order valence-electron chi connectivity index (χ1n) is 8.44. The molecule has 0 saturated heterocycles. The Morgan fingerprint density at radius 2 is 1.73 bits per heavy atom. The summed E-state index contributed by atoms with van der Waals surface area (Å²) in [6, 6.07) is 10.1. The molecule has 3 rings (SSSR count). The molecule has 0 bridgehead atoms. The number of aryl methyl sites for hydroxylation is 1. The van der Waals surface area contributed by atoms with Gasteiger partial charge < -0.3 is 15.5 Å². The van der Waals surface area contributed by atoms with Crippen molar-refractivity contribution in [1.29, 1.82) is 0 Å². The molecule has 0 fully saturated rings. The standard InChI is InChI=1S/C19H19Cl2N3O2/c1-2-9-24-17-7-5-13(10-12(17)3-8-18(24)25)22-19(26)23-14-4-6-15(20)16(21)11-14/h4-7,10-11H,2-3,8-9H2,1H3,(H2,22,23,26). The van der Waals surface area contributed by atoms with Crippen molar-refractivity contribution in [1.82, 2.24) is 0 Å². The summed E-state index contributed by atoms with van der Waals surface area (Å²) in [7, 11) is 0. The van der Waals surface area contributed by atoms with Gasteiger partial charge in [0.15, 0.2) is 0 Å². The molecular formula is C19H19Cl2N3O2. The normalized spacial score (nSPS) is 13.3. The van der Waals surface area contributed by atoms with E-state index in [1.54, 1.807) is 24.3 Å². The van der Waals surface area contributed by atoms with Crippen molar-refractivity contribution in [2.24, 2.45) is 0 Å². The number of urea groups is 1. The van der Waals surface area contributed by atoms with E-state index in [1.165, 1.54) is 0 Å². The summed E-state index contributed by atoms with van der Waals surface area (Å²) in [5.74, 6) is 0.150. The number of hydrogen-bond acceptors (Lipinski definition) is 2. The first kappa shape index (κ1) is 18.5. The Morgan fingerprint density at radius 1 is 1.04 bits per heavy atom. The van der Waals surface area contributed by atoms with Crippen LogP contribution in [0, 0.1) is 0 Å². The summed E-state index contributed by atoms with van der Waals surface area (Å²) in [6.45, 7) is 2.75. The van der Waals surface area contributed by atoms with Gasteiger partial charge in [-0.15, -0.1) is 0 Å². The van der Waals surface area contributed by atoms with Gasteiger partial charge in [0.25, 0.3) is 0 Å². The number of halogens is 2. The third kappa shape index (κ3) is 4.11. The Morgan fingerprint density at radius 3 is 2.42 bits per heavy atom. The molecule has 2 N–H and O–H groups in total. The van der Waals surface area contributed by atoms with E-state index < -0.39 is 0 Å². The zero-order valence-corrected chi connectivity index (χ0v) is 15.8. The molecule has 5 nitrogen and oxygen atoms in total. The van der Waals surface area contributed by atoms with Crippen LogP contribution in [-0.2, 0) is 11.2 Å². The van der Waals surface area contributed by atoms with Crippen LogP contribution in [0.4, 0.5) is 21.9 Å². The van der Waals surface area contributed by atoms with Gasteiger partial charge in [-0.2, -0.15) is 0 Å². The number of nitrogens with one attached hydrogen (secondary N) is 2. The lowest BCUT2D eigenvalue weighted by Crippen LogP contribution is -2.35. The fourth-order valence-corrected chi connectivity index (χ4v) is 3.27. The average Bonchev–Trinajstić information content (AvgIpc) is 2.61. The fraction of sp³-hybridized carbons (Fsp3) is 0.263. The van der Waals surface area contributed by atoms with E-state index in [1.807, 2.05) is 24.0 Å². The van der Waals surface area contributed by atoms with E-state index in [0.29, 0.717) is 40.8 Å². The van der Waals surface area contributed by atoms with Crippen LogP contribution in [0.2, 0.25) is 10.0 Å². The summed E-state index contributed by atoms with van der Waals surface area (Å²) in [5, 5.41) is 6.32. The molecule has 0 saturated carbocycles. The van der Waals surface area contributed by atoms with Crippen molar-refractivity contribution < 1.29 is 9.59 Å². The number of benzene rings is 2. The van der Waals surface area contributed by atoms with Gasteiger partial charge in [0.1, 0.15) is 0 Å². The van der Waals surface area contributed by atoms with E-state index in [4.69, 9.17) is 23.2 Å². The molecule has 3 amide bonds. The van der Waals surface area contributed by atoms with Crippen molar-refractivity contribution in [3.05, 3.63) is 52.0 Å². The molecule has 2 aromatic carbocycles. The molecule has 0 radical (unpaired) electrons. The first-order valence-corrected chi connectivity index (χ1v) is 9.20. The number of carbonyl (C=O) groups excluding carboxylic acids is 2. The zero-order valence-electron chi connectivity index (χ0n) is 14.3. The fourth-order valence-electron chi connectivity index (χ4n) is 2.97. The molecule has 7 heteroatoms. The van der Waals surface area contributed by atoms with Crippen molar-refractivity contribution in [3.63, 3.8) is 0 Å². The Hall–Kier alpha value is -2.24. The lowest BCUT2D eigenvalue weighted by molar-refractivity contribution is -0.118. The highest BCUT2D eigenvalue weighted by molar-refractivity contribution is 6.42. The minimum Gasteiger partial charge on any atom is -0.312 e. The number of carbonyl (C=O) groups is 2. The molecule has 0 unspecified atom stereocenters. The predicted octanol–water partition coefficient (Wildman–Crippen LogP) is 5.33. The maximum Gasteiger partial charge on any atom is 0.323 e. The van der Waals surface area contributed by atoms with Gasteiger partial charge in [-0.05, 0) is 54.8 Å². The summed E-state index contributed by atoms with van der Waals surface area (Å²) in [5.41, 5.74) is 3.21. The molecule has 1 aliphatic heterocycles. The highest BCUT2D eigenvalue weighted by Gasteiger charge is 2.23. The van der Waals surface area contributed by atoms with Crippen LogP contribution >= 0.6 is 23.2 Å². The number of fused-ring (bicyclic) bond motifs is 1. The van der Waals surface area contributed by atoms with Gasteiger partial charge in [0.2, 0.25) is 5.91 Å². The number of anilines is 3. The van der Waals surface area contributed by atoms with Crippen molar-refractivity contribution in [2.45, 2.75) is 26.2 Å². The van der Waals surface area contributed by atoms with Crippen LogP contribution in [0.5, 0.6) is 0 Å². The largest absolute Gasteiger partial charge is 0.323 e. The monoisotopic (exact) mass is 391 g/mol. The van der Waals surface area contributed by atoms with Gasteiger partial charge in [0, 0.05) is 30.0 Å². The summed E-state index contributed by atoms with van der Waals surface area (Å²) in [6.07, 6.45) is 2.07. The van der Waals surface area contributed by atoms with Gasteiger partial charge in [-0.25, -0.2) is 4.79 Å². The second-order valence-corrected chi connectivity index (χ2v) is 6.91. The van der Waals surface area contributed by atoms with Crippen LogP contribution in [0.1, 0.15) is 25.3 Å². The molecule has 0 aliphatic carbocycles. The molecule has 0 atom stereocenters. The van der Waals surface area contributed by atoms with Crippen LogP contribution in [0.15, 0.2) is 36.4 Å². The van der Waals surface area contributed by atoms with Crippen LogP contribution < -0.4 is 15.5 Å². The van der Waals surface area contributed by atoms with Crippen LogP contribution in [-0.4, -0.2) is 18.5 Å². The van der Waals surface area contributed by atoms with E-state index in [2.05, 4.69) is 10.6 Å². The highest BCUT2D eigenvalue weighted by Crippen LogP contribution is 2.30. The Bertz CT molecular complexity index is 855. The van der Waals surface area contributed by atoms with Crippen molar-refractivity contribution in [3.8, 4) is 0 Å². The number of nitrogens with zero attached hydrogens (tertiary/aromatic N) is 1. The maximum absolute atomic E-state index is 12.2. The van der Waals surface area contributed by atoms with Crippen molar-refractivity contribution >= 4 is 52.2 Å². The lowest BCUT2D eigenvalue weighted by atomic mass is 10.00. The summed E-state index contributed by atoms with van der Waals surface area (Å²) in [4.78, 5) is 26.1. The van der Waals surface area contributed by atoms with E-state index in [0.717, 1.165) is 17.7 Å². The first-order chi connectivity index (χ1) is 12.5. The third-order valence-corrected chi connectivity index (χ3v) is 4.90. The maximum atomic E-state index is 12.2. The predicted molar refractivity (Wildman–Crippen MR) is 107 cm³/mol. The summed E-state index contributed by atoms with van der Waals surface area (Å²) >= 11 is 11.8. The molecule has 0 aromatic heterocycles. The molecular weight excluding hydrogens is 373 g/mol. The minimum absolute atomic E-state index is 0.150. The number of hydrogen-bond donors (Lipinski definition) is 2. The number of rotatable bonds is 4. The Labute approximate surface area is 162 Å². The SMILES string of the molecule is CCCN1C(=O)CCc2cc(NC(=O)Nc3ccc(Cl)c(Cl)c3)ccc21. The van der Waals surface area contributed by atoms with Crippen molar-refractivity contribution in [2.75, 3.05) is 22.1 Å². The highest BCUT2D eigenvalue weighted by atomic mass is 35.5. The zero-order chi connectivity index (χ0) is 18.7. The van der Waals surface area contributed by atoms with Crippen LogP contribution in [0.3, 0.4) is 0 Å². The molecule has 26 heavy (non-hydrogen) atoms. The second-order valence-electron chi connectivity index (χ2n) is 6.10. The van der Waals surface area contributed by atoms with E-state index in [9.17, 15) is 9.59 Å². The lowest BCUT2D eigenvalue weighted by Gasteiger charge is -2.29. The molecule has 1 heterocycles. The second kappa shape index (κ2) is 7.98. The van der Waals surface area contributed by atoms with Gasteiger partial charge in [-0.1, -0.05) is 30.1 Å². The molecule has 0 spiro atoms. The smallest absolute Gasteiger partial charge is 0.312 e.